The van der Waals surface area contributed by atoms with Crippen molar-refractivity contribution >= 4 is 0 Å². The lowest BCUT2D eigenvalue weighted by molar-refractivity contribution is -0.957. The van der Waals surface area contributed by atoms with Gasteiger partial charge in [0, 0.05) is 24.0 Å². The van der Waals surface area contributed by atoms with Crippen molar-refractivity contribution in [3.8, 4) is 11.5 Å². The van der Waals surface area contributed by atoms with E-state index >= 15 is 0 Å². The number of quaternary nitrogens is 2. The van der Waals surface area contributed by atoms with Crippen LogP contribution in [-0.2, 0) is 13.0 Å². The maximum absolute atomic E-state index is 5.58. The zero-order valence-corrected chi connectivity index (χ0v) is 16.5. The molecule has 0 saturated carbocycles. The van der Waals surface area contributed by atoms with Crippen LogP contribution in [0.25, 0.3) is 0 Å². The molecule has 0 fully saturated rings. The molecule has 4 heteroatoms. The second-order valence-corrected chi connectivity index (χ2v) is 7.38. The van der Waals surface area contributed by atoms with Gasteiger partial charge in [0.1, 0.15) is 12.6 Å². The lowest BCUT2D eigenvalue weighted by Gasteiger charge is -2.36. The number of hydrogen-bond donors (Lipinski definition) is 2. The second-order valence-electron chi connectivity index (χ2n) is 7.38. The molecular formula is C22H32N2O2+2. The number of nitrogens with one attached hydrogen (secondary N) is 1. The fraction of sp³-hybridized carbons (Fsp3) is 0.455. The van der Waals surface area contributed by atoms with Gasteiger partial charge >= 0.3 is 0 Å². The van der Waals surface area contributed by atoms with Crippen LogP contribution in [0, 0.1) is 6.92 Å². The van der Waals surface area contributed by atoms with E-state index in [1.165, 1.54) is 22.3 Å². The Balaban J connectivity index is 1.98. The summed E-state index contributed by atoms with van der Waals surface area (Å²) in [7, 11) is 3.41. The summed E-state index contributed by atoms with van der Waals surface area (Å²) in [4.78, 5) is 1.59. The predicted molar refractivity (Wildman–Crippen MR) is 104 cm³/mol. The van der Waals surface area contributed by atoms with Gasteiger partial charge in [-0.3, -0.25) is 0 Å². The van der Waals surface area contributed by atoms with Crippen LogP contribution in [0.5, 0.6) is 11.5 Å². The Kier molecular flexibility index (Phi) is 5.84. The Morgan fingerprint density at radius 2 is 1.88 bits per heavy atom. The molecule has 2 aromatic rings. The molecule has 0 bridgehead atoms. The van der Waals surface area contributed by atoms with E-state index in [0.717, 1.165) is 37.4 Å². The van der Waals surface area contributed by atoms with Crippen molar-refractivity contribution in [1.82, 2.24) is 0 Å². The van der Waals surface area contributed by atoms with E-state index in [4.69, 9.17) is 9.47 Å². The zero-order valence-electron chi connectivity index (χ0n) is 16.5. The molecule has 26 heavy (non-hydrogen) atoms. The first kappa shape index (κ1) is 18.7. The Hall–Kier alpha value is -2.04. The molecule has 4 nitrogen and oxygen atoms in total. The van der Waals surface area contributed by atoms with Crippen molar-refractivity contribution in [1.29, 1.82) is 0 Å². The Morgan fingerprint density at radius 1 is 1.15 bits per heavy atom. The summed E-state index contributed by atoms with van der Waals surface area (Å²) < 4.78 is 11.1. The highest BCUT2D eigenvalue weighted by atomic mass is 16.5. The molecule has 2 aromatic carbocycles. The summed E-state index contributed by atoms with van der Waals surface area (Å²) in [5.74, 6) is 1.64. The third-order valence-electron chi connectivity index (χ3n) is 5.65. The van der Waals surface area contributed by atoms with Crippen LogP contribution in [-0.4, -0.2) is 26.8 Å². The molecule has 0 spiro atoms. The van der Waals surface area contributed by atoms with Crippen LogP contribution >= 0.6 is 0 Å². The van der Waals surface area contributed by atoms with Crippen LogP contribution in [0.2, 0.25) is 0 Å². The van der Waals surface area contributed by atoms with Gasteiger partial charge < -0.3 is 20.1 Å². The quantitative estimate of drug-likeness (QED) is 0.828. The molecule has 0 saturated heterocycles. The van der Waals surface area contributed by atoms with Crippen LogP contribution in [0.3, 0.4) is 0 Å². The standard InChI is InChI=1S/C22H30N2O2/c1-5-19(23)22-18-13-21(26-4)20(25-3)12-17(18)9-10-24(22)14-16-8-6-7-15(2)11-16/h6-8,11-13,19,22H,5,9-10,14,23H2,1-4H3/p+2/t19-,22+/m0/s1. The number of ether oxygens (including phenoxy) is 2. The highest BCUT2D eigenvalue weighted by Crippen LogP contribution is 2.35. The molecular weight excluding hydrogens is 324 g/mol. The maximum atomic E-state index is 5.58. The first-order chi connectivity index (χ1) is 12.6. The first-order valence-electron chi connectivity index (χ1n) is 9.55. The lowest BCUT2D eigenvalue weighted by Crippen LogP contribution is -3.14. The minimum Gasteiger partial charge on any atom is -0.493 e. The van der Waals surface area contributed by atoms with Crippen molar-refractivity contribution in [3.63, 3.8) is 0 Å². The summed E-state index contributed by atoms with van der Waals surface area (Å²) >= 11 is 0. The van der Waals surface area contributed by atoms with E-state index in [-0.39, 0.29) is 0 Å². The second kappa shape index (κ2) is 8.11. The van der Waals surface area contributed by atoms with Crippen molar-refractivity contribution in [2.24, 2.45) is 0 Å². The number of aryl methyl sites for hydroxylation is 1. The third kappa shape index (κ3) is 3.71. The highest BCUT2D eigenvalue weighted by molar-refractivity contribution is 5.49. The maximum Gasteiger partial charge on any atom is 0.166 e. The third-order valence-corrected chi connectivity index (χ3v) is 5.65. The number of methoxy groups -OCH3 is 2. The average molecular weight is 357 g/mol. The molecule has 3 rings (SSSR count). The summed E-state index contributed by atoms with van der Waals surface area (Å²) in [6.45, 7) is 6.55. The summed E-state index contributed by atoms with van der Waals surface area (Å²) in [5, 5.41) is 0. The first-order valence-corrected chi connectivity index (χ1v) is 9.55. The van der Waals surface area contributed by atoms with Crippen LogP contribution in [0.4, 0.5) is 0 Å². The van der Waals surface area contributed by atoms with E-state index < -0.39 is 0 Å². The zero-order chi connectivity index (χ0) is 18.7. The van der Waals surface area contributed by atoms with Gasteiger partial charge in [0.2, 0.25) is 0 Å². The van der Waals surface area contributed by atoms with Gasteiger partial charge in [-0.15, -0.1) is 0 Å². The summed E-state index contributed by atoms with van der Waals surface area (Å²) in [6.07, 6.45) is 2.12. The average Bonchev–Trinajstić information content (AvgIpc) is 2.66. The largest absolute Gasteiger partial charge is 0.493 e. The van der Waals surface area contributed by atoms with Crippen molar-refractivity contribution < 1.29 is 20.1 Å². The SMILES string of the molecule is CC[C@H]([NH3+])[C@H]1c2cc(OC)c(OC)cc2CC[NH+]1Cc1cccc(C)c1. The van der Waals surface area contributed by atoms with Gasteiger partial charge in [-0.05, 0) is 24.6 Å². The number of rotatable bonds is 6. The van der Waals surface area contributed by atoms with Gasteiger partial charge in [-0.2, -0.15) is 0 Å². The molecule has 0 aromatic heterocycles. The minimum absolute atomic E-state index is 0.368. The normalized spacial score (nSPS) is 20.3. The predicted octanol–water partition coefficient (Wildman–Crippen LogP) is 1.72. The molecule has 0 radical (unpaired) electrons. The Labute approximate surface area is 156 Å². The van der Waals surface area contributed by atoms with E-state index in [9.17, 15) is 0 Å². The molecule has 4 N–H and O–H groups in total. The molecule has 1 aliphatic heterocycles. The molecule has 1 heterocycles. The Bertz CT molecular complexity index is 760. The lowest BCUT2D eigenvalue weighted by atomic mass is 9.86. The molecule has 1 aliphatic rings. The van der Waals surface area contributed by atoms with Gasteiger partial charge in [0.05, 0.1) is 20.8 Å². The number of hydrogen-bond acceptors (Lipinski definition) is 2. The Morgan fingerprint density at radius 3 is 2.54 bits per heavy atom. The van der Waals surface area contributed by atoms with Crippen LogP contribution < -0.4 is 20.1 Å². The number of fused-ring (bicyclic) bond motifs is 1. The fourth-order valence-corrected chi connectivity index (χ4v) is 4.22. The van der Waals surface area contributed by atoms with Crippen molar-refractivity contribution in [2.45, 2.75) is 45.3 Å². The van der Waals surface area contributed by atoms with Gasteiger partial charge in [-0.25, -0.2) is 0 Å². The van der Waals surface area contributed by atoms with E-state index in [0.29, 0.717) is 12.1 Å². The molecule has 3 atom stereocenters. The molecule has 140 valence electrons. The summed E-state index contributed by atoms with van der Waals surface area (Å²) in [6, 6.07) is 14.0. The highest BCUT2D eigenvalue weighted by Gasteiger charge is 2.38. The van der Waals surface area contributed by atoms with E-state index in [2.05, 4.69) is 56.0 Å². The van der Waals surface area contributed by atoms with Crippen LogP contribution in [0.15, 0.2) is 36.4 Å². The number of benzene rings is 2. The monoisotopic (exact) mass is 356 g/mol. The smallest absolute Gasteiger partial charge is 0.166 e. The molecule has 0 amide bonds. The fourth-order valence-electron chi connectivity index (χ4n) is 4.22. The molecule has 1 unspecified atom stereocenters. The van der Waals surface area contributed by atoms with Crippen molar-refractivity contribution in [2.75, 3.05) is 20.8 Å². The minimum atomic E-state index is 0.368. The van der Waals surface area contributed by atoms with Gasteiger partial charge in [-0.1, -0.05) is 36.8 Å². The van der Waals surface area contributed by atoms with Gasteiger partial charge in [0.25, 0.3) is 0 Å². The van der Waals surface area contributed by atoms with E-state index in [1.54, 1.807) is 19.1 Å². The van der Waals surface area contributed by atoms with E-state index in [1.807, 2.05) is 0 Å². The topological polar surface area (TPSA) is 50.5 Å². The summed E-state index contributed by atoms with van der Waals surface area (Å²) in [5.41, 5.74) is 9.97. The molecule has 0 aliphatic carbocycles. The van der Waals surface area contributed by atoms with Gasteiger partial charge in [0.15, 0.2) is 17.5 Å². The van der Waals surface area contributed by atoms with Crippen molar-refractivity contribution in [3.05, 3.63) is 58.7 Å². The van der Waals surface area contributed by atoms with Crippen LogP contribution in [0.1, 0.15) is 41.6 Å².